The van der Waals surface area contributed by atoms with E-state index in [9.17, 15) is 5.11 Å². The zero-order valence-corrected chi connectivity index (χ0v) is 10.2. The number of hydrogen-bond donors (Lipinski definition) is 6. The molecule has 19 heavy (non-hydrogen) atoms. The van der Waals surface area contributed by atoms with Crippen LogP contribution in [0.3, 0.4) is 0 Å². The summed E-state index contributed by atoms with van der Waals surface area (Å²) in [4.78, 5) is 11.2. The van der Waals surface area contributed by atoms with Crippen molar-refractivity contribution in [2.24, 2.45) is 0 Å². The van der Waals surface area contributed by atoms with E-state index in [0.29, 0.717) is 23.7 Å². The van der Waals surface area contributed by atoms with Gasteiger partial charge in [0, 0.05) is 6.54 Å². The van der Waals surface area contributed by atoms with Gasteiger partial charge in [0.15, 0.2) is 5.52 Å². The lowest BCUT2D eigenvalue weighted by Gasteiger charge is -2.05. The second kappa shape index (κ2) is 5.78. The van der Waals surface area contributed by atoms with Gasteiger partial charge in [0.05, 0.1) is 19.8 Å². The number of aliphatic hydroxyl groups is 3. The van der Waals surface area contributed by atoms with Gasteiger partial charge < -0.3 is 31.4 Å². The molecule has 0 fully saturated rings. The van der Waals surface area contributed by atoms with Crippen LogP contribution in [0.2, 0.25) is 0 Å². The zero-order valence-electron chi connectivity index (χ0n) is 10.2. The number of aromatic nitrogens is 4. The van der Waals surface area contributed by atoms with Crippen LogP contribution in [-0.2, 0) is 6.54 Å². The van der Waals surface area contributed by atoms with Crippen molar-refractivity contribution in [1.29, 1.82) is 0 Å². The van der Waals surface area contributed by atoms with Gasteiger partial charge in [-0.3, -0.25) is 0 Å². The van der Waals surface area contributed by atoms with Crippen LogP contribution in [0.4, 0.5) is 11.8 Å². The highest BCUT2D eigenvalue weighted by atomic mass is 16.3. The predicted octanol–water partition coefficient (Wildman–Crippen LogP) is -2.41. The van der Waals surface area contributed by atoms with E-state index >= 15 is 0 Å². The minimum absolute atomic E-state index is 0.0198. The lowest BCUT2D eigenvalue weighted by atomic mass is 10.3. The fraction of sp³-hybridized carbons (Fsp3) is 0.500. The maximum atomic E-state index is 9.47. The molecule has 2 rings (SSSR count). The lowest BCUT2D eigenvalue weighted by Crippen LogP contribution is -2.42. The third kappa shape index (κ3) is 2.89. The van der Waals surface area contributed by atoms with Crippen molar-refractivity contribution in [3.8, 4) is 0 Å². The van der Waals surface area contributed by atoms with E-state index in [0.717, 1.165) is 0 Å². The number of aliphatic hydroxyl groups excluding tert-OH is 3. The SMILES string of the molecule is Nc1nc[n+](CC(O)CO)c2nc(NCCO)[nH]c12. The van der Waals surface area contributed by atoms with Crippen LogP contribution in [0.5, 0.6) is 0 Å². The molecule has 1 atom stereocenters. The number of nitrogens with one attached hydrogen (secondary N) is 2. The molecule has 9 nitrogen and oxygen atoms in total. The Balaban J connectivity index is 2.36. The largest absolute Gasteiger partial charge is 0.395 e. The van der Waals surface area contributed by atoms with Crippen molar-refractivity contribution in [3.63, 3.8) is 0 Å². The Morgan fingerprint density at radius 1 is 1.47 bits per heavy atom. The fourth-order valence-corrected chi connectivity index (χ4v) is 1.68. The van der Waals surface area contributed by atoms with Gasteiger partial charge in [-0.25, -0.2) is 4.57 Å². The molecule has 2 aromatic rings. The minimum Gasteiger partial charge on any atom is -0.395 e. The first kappa shape index (κ1) is 13.5. The van der Waals surface area contributed by atoms with E-state index in [2.05, 4.69) is 20.3 Å². The second-order valence-electron chi connectivity index (χ2n) is 4.05. The highest BCUT2D eigenvalue weighted by Crippen LogP contribution is 2.14. The van der Waals surface area contributed by atoms with Crippen molar-refractivity contribution in [2.75, 3.05) is 30.8 Å². The summed E-state index contributed by atoms with van der Waals surface area (Å²) in [7, 11) is 0. The molecule has 0 aliphatic heterocycles. The van der Waals surface area contributed by atoms with Gasteiger partial charge in [-0.05, 0) is 0 Å². The molecule has 104 valence electrons. The Labute approximate surface area is 108 Å². The van der Waals surface area contributed by atoms with E-state index in [-0.39, 0.29) is 25.6 Å². The van der Waals surface area contributed by atoms with Crippen molar-refractivity contribution < 1.29 is 19.9 Å². The molecular weight excluding hydrogens is 252 g/mol. The van der Waals surface area contributed by atoms with Crippen LogP contribution in [0.25, 0.3) is 11.2 Å². The Morgan fingerprint density at radius 2 is 2.26 bits per heavy atom. The van der Waals surface area contributed by atoms with Crippen LogP contribution in [0, 0.1) is 0 Å². The minimum atomic E-state index is -0.899. The third-order valence-corrected chi connectivity index (χ3v) is 2.57. The van der Waals surface area contributed by atoms with Gasteiger partial charge in [0.1, 0.15) is 6.10 Å². The highest BCUT2D eigenvalue weighted by molar-refractivity contribution is 5.80. The average Bonchev–Trinajstić information content (AvgIpc) is 2.84. The molecule has 0 amide bonds. The third-order valence-electron chi connectivity index (χ3n) is 2.57. The number of anilines is 2. The quantitative estimate of drug-likeness (QED) is 0.320. The maximum absolute atomic E-state index is 9.47. The van der Waals surface area contributed by atoms with Crippen molar-refractivity contribution in [1.82, 2.24) is 15.0 Å². The monoisotopic (exact) mass is 269 g/mol. The Kier molecular flexibility index (Phi) is 4.10. The smallest absolute Gasteiger partial charge is 0.296 e. The first-order valence-corrected chi connectivity index (χ1v) is 5.83. The first-order chi connectivity index (χ1) is 9.15. The van der Waals surface area contributed by atoms with Crippen molar-refractivity contribution in [3.05, 3.63) is 6.33 Å². The lowest BCUT2D eigenvalue weighted by molar-refractivity contribution is -0.683. The van der Waals surface area contributed by atoms with E-state index in [1.54, 1.807) is 4.57 Å². The number of fused-ring (bicyclic) bond motifs is 1. The average molecular weight is 269 g/mol. The molecule has 0 aromatic carbocycles. The molecule has 0 aliphatic carbocycles. The van der Waals surface area contributed by atoms with Gasteiger partial charge >= 0.3 is 0 Å². The Hall–Kier alpha value is -1.97. The number of imidazole rings is 1. The molecule has 2 aromatic heterocycles. The summed E-state index contributed by atoms with van der Waals surface area (Å²) in [5, 5.41) is 30.0. The molecule has 0 saturated heterocycles. The van der Waals surface area contributed by atoms with Gasteiger partial charge in [0.25, 0.3) is 11.6 Å². The summed E-state index contributed by atoms with van der Waals surface area (Å²) >= 11 is 0. The molecule has 0 aliphatic rings. The number of H-pyrrole nitrogens is 1. The van der Waals surface area contributed by atoms with E-state index in [1.807, 2.05) is 0 Å². The Morgan fingerprint density at radius 3 is 2.95 bits per heavy atom. The van der Waals surface area contributed by atoms with Gasteiger partial charge in [-0.15, -0.1) is 0 Å². The summed E-state index contributed by atoms with van der Waals surface area (Å²) in [6, 6.07) is 0. The summed E-state index contributed by atoms with van der Waals surface area (Å²) in [5.74, 6) is 0.741. The fourth-order valence-electron chi connectivity index (χ4n) is 1.68. The molecule has 0 radical (unpaired) electrons. The predicted molar refractivity (Wildman–Crippen MR) is 67.2 cm³/mol. The summed E-state index contributed by atoms with van der Waals surface area (Å²) in [5.41, 5.74) is 6.80. The van der Waals surface area contributed by atoms with Crippen molar-refractivity contribution >= 4 is 22.9 Å². The summed E-state index contributed by atoms with van der Waals surface area (Å²) in [6.45, 7) is 0.143. The van der Waals surface area contributed by atoms with E-state index in [1.165, 1.54) is 6.33 Å². The zero-order chi connectivity index (χ0) is 13.8. The summed E-state index contributed by atoms with van der Waals surface area (Å²) in [6.07, 6.45) is 0.553. The first-order valence-electron chi connectivity index (χ1n) is 5.83. The second-order valence-corrected chi connectivity index (χ2v) is 4.05. The number of hydrogen-bond acceptors (Lipinski definition) is 7. The number of aromatic amines is 1. The van der Waals surface area contributed by atoms with E-state index < -0.39 is 6.10 Å². The highest BCUT2D eigenvalue weighted by Gasteiger charge is 2.19. The van der Waals surface area contributed by atoms with Gasteiger partial charge in [-0.1, -0.05) is 9.97 Å². The van der Waals surface area contributed by atoms with Crippen molar-refractivity contribution in [2.45, 2.75) is 12.6 Å². The van der Waals surface area contributed by atoms with Gasteiger partial charge in [0.2, 0.25) is 12.1 Å². The van der Waals surface area contributed by atoms with Gasteiger partial charge in [-0.2, -0.15) is 0 Å². The van der Waals surface area contributed by atoms with Crippen LogP contribution in [-0.4, -0.2) is 56.1 Å². The molecular formula is C10H17N6O3+. The molecule has 0 bridgehead atoms. The molecule has 0 spiro atoms. The number of rotatable bonds is 6. The standard InChI is InChI=1S/C10H16N6O3/c11-8-7-9(15-10(14-7)12-1-2-17)16(5-13-8)3-6(19)4-18/h5-6,17-19H,1-4H2,(H3,11,12,14,15)/p+1. The number of nitrogens with zero attached hydrogens (tertiary/aromatic N) is 3. The van der Waals surface area contributed by atoms with Crippen LogP contribution >= 0.6 is 0 Å². The maximum Gasteiger partial charge on any atom is 0.296 e. The molecule has 9 heteroatoms. The molecule has 1 unspecified atom stereocenters. The molecule has 2 heterocycles. The Bertz CT molecular complexity index is 557. The molecule has 7 N–H and O–H groups in total. The number of nitrogen functional groups attached to an aromatic ring is 1. The van der Waals surface area contributed by atoms with E-state index in [4.69, 9.17) is 15.9 Å². The van der Waals surface area contributed by atoms with Crippen LogP contribution in [0.15, 0.2) is 6.33 Å². The van der Waals surface area contributed by atoms with Crippen LogP contribution in [0.1, 0.15) is 0 Å². The topological polar surface area (TPSA) is 144 Å². The van der Waals surface area contributed by atoms with Crippen LogP contribution < -0.4 is 15.6 Å². The summed E-state index contributed by atoms with van der Waals surface area (Å²) < 4.78 is 1.59. The molecule has 0 saturated carbocycles. The number of nitrogens with two attached hydrogens (primary N) is 1. The normalized spacial score (nSPS) is 12.8.